The molecule has 1 aliphatic heterocycles. The summed E-state index contributed by atoms with van der Waals surface area (Å²) in [6.07, 6.45) is 2.15. The molecule has 0 radical (unpaired) electrons. The predicted molar refractivity (Wildman–Crippen MR) is 84.6 cm³/mol. The molecule has 0 aliphatic carbocycles. The van der Waals surface area contributed by atoms with Gasteiger partial charge in [0.25, 0.3) is 0 Å². The molecule has 2 rings (SSSR count). The first kappa shape index (κ1) is 16.1. The number of nitrogens with zero attached hydrogens (tertiary/aromatic N) is 1. The quantitative estimate of drug-likeness (QED) is 0.846. The first-order valence-electron chi connectivity index (χ1n) is 7.15. The summed E-state index contributed by atoms with van der Waals surface area (Å²) in [4.78, 5) is 2.31. The molecule has 0 saturated carbocycles. The van der Waals surface area contributed by atoms with E-state index in [1.165, 1.54) is 12.8 Å². The molecule has 0 bridgehead atoms. The van der Waals surface area contributed by atoms with Gasteiger partial charge in [-0.25, -0.2) is 0 Å². The van der Waals surface area contributed by atoms with Crippen molar-refractivity contribution in [1.29, 1.82) is 0 Å². The molecular formula is C15H22Cl2N2O. The van der Waals surface area contributed by atoms with Crippen molar-refractivity contribution in [1.82, 2.24) is 10.2 Å². The van der Waals surface area contributed by atoms with Gasteiger partial charge in [0, 0.05) is 29.2 Å². The normalized spacial score (nSPS) is 19.2. The summed E-state index contributed by atoms with van der Waals surface area (Å²) in [6.45, 7) is 5.56. The maximum absolute atomic E-state index is 10.1. The number of aliphatic hydroxyl groups is 1. The van der Waals surface area contributed by atoms with E-state index >= 15 is 0 Å². The summed E-state index contributed by atoms with van der Waals surface area (Å²) in [5.74, 6) is 0. The van der Waals surface area contributed by atoms with Crippen molar-refractivity contribution in [2.24, 2.45) is 0 Å². The number of β-amino-alcohol motifs (C(OH)–C–C–N with tert-alkyl or cyclic N) is 1. The van der Waals surface area contributed by atoms with Gasteiger partial charge >= 0.3 is 0 Å². The summed E-state index contributed by atoms with van der Waals surface area (Å²) in [7, 11) is 0. The fraction of sp³-hybridized carbons (Fsp3) is 0.600. The van der Waals surface area contributed by atoms with Crippen LogP contribution in [-0.2, 0) is 0 Å². The maximum atomic E-state index is 10.1. The Labute approximate surface area is 130 Å². The summed E-state index contributed by atoms with van der Waals surface area (Å²) in [5.41, 5.74) is 1.00. The molecule has 0 aromatic heterocycles. The third-order valence-corrected chi connectivity index (χ3v) is 4.32. The second-order valence-electron chi connectivity index (χ2n) is 5.46. The Morgan fingerprint density at radius 1 is 1.30 bits per heavy atom. The molecule has 2 atom stereocenters. The second kappa shape index (κ2) is 7.62. The van der Waals surface area contributed by atoms with Crippen LogP contribution in [0.2, 0.25) is 10.0 Å². The van der Waals surface area contributed by atoms with Gasteiger partial charge in [0.15, 0.2) is 0 Å². The number of hydrogen-bond donors (Lipinski definition) is 2. The van der Waals surface area contributed by atoms with Gasteiger partial charge in [-0.05, 0) is 50.6 Å². The zero-order valence-electron chi connectivity index (χ0n) is 11.8. The standard InChI is InChI=1S/C15H22Cl2N2O/c1-11(14-5-4-12(16)8-15(14)17)18-9-13(20)10-19-6-2-3-7-19/h4-5,8,11,13,18,20H,2-3,6-7,9-10H2,1H3. The van der Waals surface area contributed by atoms with Crippen molar-refractivity contribution in [2.75, 3.05) is 26.2 Å². The Morgan fingerprint density at radius 3 is 2.65 bits per heavy atom. The van der Waals surface area contributed by atoms with Crippen LogP contribution in [0.1, 0.15) is 31.4 Å². The summed E-state index contributed by atoms with van der Waals surface area (Å²) < 4.78 is 0. The van der Waals surface area contributed by atoms with Crippen molar-refractivity contribution < 1.29 is 5.11 Å². The van der Waals surface area contributed by atoms with Crippen LogP contribution in [0, 0.1) is 0 Å². The van der Waals surface area contributed by atoms with E-state index in [2.05, 4.69) is 10.2 Å². The topological polar surface area (TPSA) is 35.5 Å². The predicted octanol–water partition coefficient (Wildman–Crippen LogP) is 3.10. The van der Waals surface area contributed by atoms with E-state index in [9.17, 15) is 5.11 Å². The number of likely N-dealkylation sites (tertiary alicyclic amines) is 1. The highest BCUT2D eigenvalue weighted by Gasteiger charge is 2.17. The lowest BCUT2D eigenvalue weighted by Crippen LogP contribution is -2.37. The van der Waals surface area contributed by atoms with E-state index in [1.54, 1.807) is 6.07 Å². The molecule has 1 fully saturated rings. The molecule has 2 unspecified atom stereocenters. The number of nitrogens with one attached hydrogen (secondary N) is 1. The minimum Gasteiger partial charge on any atom is -0.390 e. The number of aliphatic hydroxyl groups excluding tert-OH is 1. The van der Waals surface area contributed by atoms with Crippen molar-refractivity contribution in [3.63, 3.8) is 0 Å². The average molecular weight is 317 g/mol. The Morgan fingerprint density at radius 2 is 2.00 bits per heavy atom. The molecular weight excluding hydrogens is 295 g/mol. The molecule has 0 spiro atoms. The molecule has 2 N–H and O–H groups in total. The van der Waals surface area contributed by atoms with E-state index in [1.807, 2.05) is 19.1 Å². The van der Waals surface area contributed by atoms with E-state index in [0.717, 1.165) is 25.2 Å². The highest BCUT2D eigenvalue weighted by molar-refractivity contribution is 6.35. The third kappa shape index (κ3) is 4.61. The molecule has 0 amide bonds. The first-order valence-corrected chi connectivity index (χ1v) is 7.90. The zero-order chi connectivity index (χ0) is 14.5. The third-order valence-electron chi connectivity index (χ3n) is 3.76. The van der Waals surface area contributed by atoms with E-state index < -0.39 is 0 Å². The lowest BCUT2D eigenvalue weighted by Gasteiger charge is -2.22. The van der Waals surface area contributed by atoms with Crippen LogP contribution in [0.25, 0.3) is 0 Å². The first-order chi connectivity index (χ1) is 9.56. The van der Waals surface area contributed by atoms with Crippen LogP contribution in [0.5, 0.6) is 0 Å². The van der Waals surface area contributed by atoms with Crippen LogP contribution in [-0.4, -0.2) is 42.3 Å². The number of halogens is 2. The van der Waals surface area contributed by atoms with Gasteiger partial charge in [-0.2, -0.15) is 0 Å². The van der Waals surface area contributed by atoms with Crippen LogP contribution in [0.3, 0.4) is 0 Å². The molecule has 3 nitrogen and oxygen atoms in total. The molecule has 112 valence electrons. The lowest BCUT2D eigenvalue weighted by molar-refractivity contribution is 0.121. The largest absolute Gasteiger partial charge is 0.390 e. The smallest absolute Gasteiger partial charge is 0.0791 e. The molecule has 1 aromatic rings. The number of rotatable bonds is 6. The van der Waals surface area contributed by atoms with Crippen LogP contribution >= 0.6 is 23.2 Å². The molecule has 1 saturated heterocycles. The summed E-state index contributed by atoms with van der Waals surface area (Å²) in [6, 6.07) is 5.60. The van der Waals surface area contributed by atoms with Crippen LogP contribution in [0.4, 0.5) is 0 Å². The fourth-order valence-corrected chi connectivity index (χ4v) is 3.18. The molecule has 1 aromatic carbocycles. The van der Waals surface area contributed by atoms with E-state index in [4.69, 9.17) is 23.2 Å². The maximum Gasteiger partial charge on any atom is 0.0791 e. The Hall–Kier alpha value is -0.320. The monoisotopic (exact) mass is 316 g/mol. The zero-order valence-corrected chi connectivity index (χ0v) is 13.3. The van der Waals surface area contributed by atoms with Crippen molar-refractivity contribution in [2.45, 2.75) is 31.9 Å². The van der Waals surface area contributed by atoms with Crippen LogP contribution in [0.15, 0.2) is 18.2 Å². The molecule has 1 heterocycles. The van der Waals surface area contributed by atoms with Gasteiger partial charge in [0.2, 0.25) is 0 Å². The van der Waals surface area contributed by atoms with Gasteiger partial charge in [-0.3, -0.25) is 0 Å². The van der Waals surface area contributed by atoms with E-state index in [-0.39, 0.29) is 12.1 Å². The van der Waals surface area contributed by atoms with Crippen molar-refractivity contribution in [3.05, 3.63) is 33.8 Å². The SMILES string of the molecule is CC(NCC(O)CN1CCCC1)c1ccc(Cl)cc1Cl. The summed E-state index contributed by atoms with van der Waals surface area (Å²) in [5, 5.41) is 14.7. The van der Waals surface area contributed by atoms with E-state index in [0.29, 0.717) is 16.6 Å². The minimum atomic E-state index is -0.346. The highest BCUT2D eigenvalue weighted by Crippen LogP contribution is 2.26. The fourth-order valence-electron chi connectivity index (χ4n) is 2.60. The molecule has 5 heteroatoms. The molecule has 20 heavy (non-hydrogen) atoms. The van der Waals surface area contributed by atoms with Crippen molar-refractivity contribution >= 4 is 23.2 Å². The average Bonchev–Trinajstić information content (AvgIpc) is 2.89. The number of benzene rings is 1. The summed E-state index contributed by atoms with van der Waals surface area (Å²) >= 11 is 12.1. The van der Waals surface area contributed by atoms with Crippen molar-refractivity contribution in [3.8, 4) is 0 Å². The Kier molecular flexibility index (Phi) is 6.12. The Bertz CT molecular complexity index is 436. The van der Waals surface area contributed by atoms with Crippen LogP contribution < -0.4 is 5.32 Å². The minimum absolute atomic E-state index is 0.0907. The van der Waals surface area contributed by atoms with Gasteiger partial charge < -0.3 is 15.3 Å². The Balaban J connectivity index is 1.80. The molecule has 1 aliphatic rings. The van der Waals surface area contributed by atoms with Gasteiger partial charge in [-0.15, -0.1) is 0 Å². The van der Waals surface area contributed by atoms with Gasteiger partial charge in [-0.1, -0.05) is 29.3 Å². The lowest BCUT2D eigenvalue weighted by atomic mass is 10.1. The number of hydrogen-bond acceptors (Lipinski definition) is 3. The van der Waals surface area contributed by atoms with Gasteiger partial charge in [0.05, 0.1) is 6.10 Å². The second-order valence-corrected chi connectivity index (χ2v) is 6.30. The van der Waals surface area contributed by atoms with Gasteiger partial charge in [0.1, 0.15) is 0 Å². The highest BCUT2D eigenvalue weighted by atomic mass is 35.5.